The van der Waals surface area contributed by atoms with Gasteiger partial charge in [0.1, 0.15) is 11.0 Å². The van der Waals surface area contributed by atoms with Crippen LogP contribution in [0.15, 0.2) is 29.3 Å². The van der Waals surface area contributed by atoms with Crippen molar-refractivity contribution in [2.45, 2.75) is 50.3 Å². The standard InChI is InChI=1S/C18H23N3O3S/c1-2-24-14-9-7-13(8-10-14)19-16(22)11-15-17(23)21-18(25-15)20-12-5-3-4-6-12/h7-10,12,15H,2-6,11H2,1H3,(H,19,22)(H,20,21,23)/t15-/m1/s1. The van der Waals surface area contributed by atoms with Crippen molar-refractivity contribution in [2.75, 3.05) is 11.9 Å². The lowest BCUT2D eigenvalue weighted by atomic mass is 10.2. The Balaban J connectivity index is 1.51. The molecule has 0 unspecified atom stereocenters. The number of carbonyl (C=O) groups is 2. The molecule has 1 aliphatic carbocycles. The molecule has 1 saturated heterocycles. The molecule has 1 aromatic carbocycles. The molecule has 1 aromatic rings. The Bertz CT molecular complexity index is 654. The van der Waals surface area contributed by atoms with Crippen molar-refractivity contribution in [3.63, 3.8) is 0 Å². The van der Waals surface area contributed by atoms with Crippen molar-refractivity contribution in [3.8, 4) is 5.75 Å². The Morgan fingerprint density at radius 3 is 2.72 bits per heavy atom. The normalized spacial score (nSPS) is 22.2. The molecule has 0 bridgehead atoms. The quantitative estimate of drug-likeness (QED) is 0.816. The first-order valence-corrected chi connectivity index (χ1v) is 9.60. The molecule has 0 aromatic heterocycles. The number of hydrogen-bond acceptors (Lipinski definition) is 5. The van der Waals surface area contributed by atoms with Gasteiger partial charge in [-0.2, -0.15) is 0 Å². The number of ether oxygens (including phenoxy) is 1. The first kappa shape index (κ1) is 17.8. The minimum atomic E-state index is -0.414. The minimum Gasteiger partial charge on any atom is -0.494 e. The van der Waals surface area contributed by atoms with Crippen LogP contribution in [-0.4, -0.2) is 34.9 Å². The van der Waals surface area contributed by atoms with Crippen LogP contribution in [0, 0.1) is 0 Å². The van der Waals surface area contributed by atoms with E-state index in [4.69, 9.17) is 4.74 Å². The summed E-state index contributed by atoms with van der Waals surface area (Å²) >= 11 is 1.36. The van der Waals surface area contributed by atoms with Gasteiger partial charge in [-0.3, -0.25) is 14.6 Å². The van der Waals surface area contributed by atoms with E-state index in [2.05, 4.69) is 15.6 Å². The van der Waals surface area contributed by atoms with E-state index in [1.165, 1.54) is 24.6 Å². The highest BCUT2D eigenvalue weighted by Gasteiger charge is 2.32. The van der Waals surface area contributed by atoms with E-state index in [0.717, 1.165) is 18.6 Å². The van der Waals surface area contributed by atoms with E-state index in [9.17, 15) is 9.59 Å². The fourth-order valence-electron chi connectivity index (χ4n) is 2.98. The number of amides is 2. The predicted octanol–water partition coefficient (Wildman–Crippen LogP) is 2.94. The van der Waals surface area contributed by atoms with Crippen molar-refractivity contribution < 1.29 is 14.3 Å². The van der Waals surface area contributed by atoms with Gasteiger partial charge in [-0.25, -0.2) is 0 Å². The zero-order chi connectivity index (χ0) is 17.6. The van der Waals surface area contributed by atoms with E-state index in [1.807, 2.05) is 19.1 Å². The molecule has 0 spiro atoms. The van der Waals surface area contributed by atoms with Crippen LogP contribution in [-0.2, 0) is 9.59 Å². The molecule has 0 radical (unpaired) electrons. The third kappa shape index (κ3) is 4.98. The molecule has 2 N–H and O–H groups in total. The Hall–Kier alpha value is -2.02. The monoisotopic (exact) mass is 361 g/mol. The van der Waals surface area contributed by atoms with Crippen molar-refractivity contribution in [1.82, 2.24) is 5.32 Å². The van der Waals surface area contributed by atoms with E-state index in [-0.39, 0.29) is 18.2 Å². The Labute approximate surface area is 151 Å². The van der Waals surface area contributed by atoms with E-state index >= 15 is 0 Å². The molecular weight excluding hydrogens is 338 g/mol. The molecule has 1 heterocycles. The van der Waals surface area contributed by atoms with Crippen molar-refractivity contribution in [2.24, 2.45) is 4.99 Å². The Kier molecular flexibility index (Phi) is 5.96. The van der Waals surface area contributed by atoms with Crippen LogP contribution in [0.2, 0.25) is 0 Å². The van der Waals surface area contributed by atoms with E-state index in [1.54, 1.807) is 12.1 Å². The van der Waals surface area contributed by atoms with Gasteiger partial charge in [-0.1, -0.05) is 24.6 Å². The van der Waals surface area contributed by atoms with Crippen molar-refractivity contribution in [1.29, 1.82) is 0 Å². The second-order valence-electron chi connectivity index (χ2n) is 6.18. The molecule has 25 heavy (non-hydrogen) atoms. The number of amidine groups is 1. The van der Waals surface area contributed by atoms with E-state index < -0.39 is 5.25 Å². The van der Waals surface area contributed by atoms with Crippen LogP contribution in [0.4, 0.5) is 5.69 Å². The predicted molar refractivity (Wildman–Crippen MR) is 100 cm³/mol. The van der Waals surface area contributed by atoms with Crippen LogP contribution in [0.25, 0.3) is 0 Å². The summed E-state index contributed by atoms with van der Waals surface area (Å²) in [5.74, 6) is 0.446. The van der Waals surface area contributed by atoms with Gasteiger partial charge in [-0.05, 0) is 44.0 Å². The topological polar surface area (TPSA) is 79.8 Å². The molecule has 1 saturated carbocycles. The summed E-state index contributed by atoms with van der Waals surface area (Å²) in [7, 11) is 0. The summed E-state index contributed by atoms with van der Waals surface area (Å²) in [5, 5.41) is 5.87. The first-order chi connectivity index (χ1) is 12.1. The number of benzene rings is 1. The first-order valence-electron chi connectivity index (χ1n) is 8.72. The summed E-state index contributed by atoms with van der Waals surface area (Å²) in [6.07, 6.45) is 4.71. The zero-order valence-corrected chi connectivity index (χ0v) is 15.1. The Morgan fingerprint density at radius 1 is 1.32 bits per heavy atom. The van der Waals surface area contributed by atoms with Crippen LogP contribution in [0.5, 0.6) is 5.75 Å². The highest BCUT2D eigenvalue weighted by atomic mass is 32.2. The fourth-order valence-corrected chi connectivity index (χ4v) is 4.02. The highest BCUT2D eigenvalue weighted by molar-refractivity contribution is 8.15. The summed E-state index contributed by atoms with van der Waals surface area (Å²) in [5.41, 5.74) is 0.691. The number of carbonyl (C=O) groups excluding carboxylic acids is 2. The maximum atomic E-state index is 12.2. The van der Waals surface area contributed by atoms with Gasteiger partial charge in [0.2, 0.25) is 11.8 Å². The SMILES string of the molecule is CCOc1ccc(NC(=O)C[C@H]2SC(=NC3CCCC3)NC2=O)cc1. The van der Waals surface area contributed by atoms with Gasteiger partial charge >= 0.3 is 0 Å². The number of thioether (sulfide) groups is 1. The van der Waals surface area contributed by atoms with Gasteiger partial charge in [0.15, 0.2) is 5.17 Å². The summed E-state index contributed by atoms with van der Waals surface area (Å²) in [4.78, 5) is 28.9. The lowest BCUT2D eigenvalue weighted by molar-refractivity contribution is -0.122. The maximum Gasteiger partial charge on any atom is 0.240 e. The van der Waals surface area contributed by atoms with Crippen LogP contribution in [0.3, 0.4) is 0 Å². The molecule has 3 rings (SSSR count). The highest BCUT2D eigenvalue weighted by Crippen LogP contribution is 2.27. The second-order valence-corrected chi connectivity index (χ2v) is 7.37. The molecule has 7 heteroatoms. The van der Waals surface area contributed by atoms with Gasteiger partial charge in [0.05, 0.1) is 12.6 Å². The average molecular weight is 361 g/mol. The molecule has 2 amide bonds. The minimum absolute atomic E-state index is 0.132. The van der Waals surface area contributed by atoms with Crippen molar-refractivity contribution >= 4 is 34.4 Å². The lowest BCUT2D eigenvalue weighted by Gasteiger charge is -2.08. The number of nitrogens with zero attached hydrogens (tertiary/aromatic N) is 1. The molecule has 134 valence electrons. The van der Waals surface area contributed by atoms with E-state index in [0.29, 0.717) is 23.5 Å². The number of hydrogen-bond donors (Lipinski definition) is 2. The van der Waals surface area contributed by atoms with Gasteiger partial charge in [0, 0.05) is 12.1 Å². The lowest BCUT2D eigenvalue weighted by Crippen LogP contribution is -2.28. The molecular formula is C18H23N3O3S. The molecule has 1 aliphatic heterocycles. The third-order valence-corrected chi connectivity index (χ3v) is 5.32. The number of rotatable bonds is 6. The largest absolute Gasteiger partial charge is 0.494 e. The van der Waals surface area contributed by atoms with Gasteiger partial charge in [0.25, 0.3) is 0 Å². The van der Waals surface area contributed by atoms with Gasteiger partial charge < -0.3 is 15.4 Å². The fraction of sp³-hybridized carbons (Fsp3) is 0.500. The number of nitrogens with one attached hydrogen (secondary N) is 2. The average Bonchev–Trinajstić information content (AvgIpc) is 3.20. The van der Waals surface area contributed by atoms with Crippen LogP contribution in [0.1, 0.15) is 39.0 Å². The Morgan fingerprint density at radius 2 is 2.04 bits per heavy atom. The summed E-state index contributed by atoms with van der Waals surface area (Å²) < 4.78 is 5.37. The smallest absolute Gasteiger partial charge is 0.240 e. The van der Waals surface area contributed by atoms with Gasteiger partial charge in [-0.15, -0.1) is 0 Å². The molecule has 1 atom stereocenters. The molecule has 6 nitrogen and oxygen atoms in total. The second kappa shape index (κ2) is 8.38. The molecule has 2 aliphatic rings. The van der Waals surface area contributed by atoms with Crippen LogP contribution >= 0.6 is 11.8 Å². The number of anilines is 1. The van der Waals surface area contributed by atoms with Crippen molar-refractivity contribution in [3.05, 3.63) is 24.3 Å². The zero-order valence-electron chi connectivity index (χ0n) is 14.3. The summed E-state index contributed by atoms with van der Waals surface area (Å²) in [6.45, 7) is 2.52. The summed E-state index contributed by atoms with van der Waals surface area (Å²) in [6, 6.07) is 7.51. The third-order valence-electron chi connectivity index (χ3n) is 4.22. The van der Waals surface area contributed by atoms with Crippen LogP contribution < -0.4 is 15.4 Å². The number of aliphatic imine (C=N–C) groups is 1. The molecule has 2 fully saturated rings. The maximum absolute atomic E-state index is 12.2.